The highest BCUT2D eigenvalue weighted by molar-refractivity contribution is 7.21. The second-order valence-electron chi connectivity index (χ2n) is 6.21. The molecule has 0 saturated carbocycles. The van der Waals surface area contributed by atoms with Gasteiger partial charge in [-0.1, -0.05) is 29.5 Å². The van der Waals surface area contributed by atoms with E-state index in [0.717, 1.165) is 26.5 Å². The van der Waals surface area contributed by atoms with Gasteiger partial charge in [0.2, 0.25) is 0 Å². The van der Waals surface area contributed by atoms with E-state index >= 15 is 0 Å². The third kappa shape index (κ3) is 3.79. The van der Waals surface area contributed by atoms with Crippen LogP contribution in [0.5, 0.6) is 5.75 Å². The minimum Gasteiger partial charge on any atom is -0.495 e. The van der Waals surface area contributed by atoms with Crippen LogP contribution in [-0.2, 0) is 0 Å². The van der Waals surface area contributed by atoms with Crippen molar-refractivity contribution in [3.63, 3.8) is 0 Å². The number of hydrogen-bond donors (Lipinski definition) is 2. The highest BCUT2D eigenvalue weighted by atomic mass is 32.1. The van der Waals surface area contributed by atoms with Crippen molar-refractivity contribution in [2.45, 2.75) is 6.92 Å². The topological polar surface area (TPSA) is 76.1 Å². The van der Waals surface area contributed by atoms with Gasteiger partial charge in [-0.2, -0.15) is 0 Å². The maximum absolute atomic E-state index is 12.4. The SMILES string of the molecule is COc1ccc(C)cc1NC(=O)Nc1cccc(-c2nc3cccnc3s2)c1. The van der Waals surface area contributed by atoms with Crippen molar-refractivity contribution in [3.8, 4) is 16.3 Å². The van der Waals surface area contributed by atoms with Crippen molar-refractivity contribution in [2.75, 3.05) is 17.7 Å². The fourth-order valence-electron chi connectivity index (χ4n) is 2.83. The van der Waals surface area contributed by atoms with Crippen molar-refractivity contribution in [1.29, 1.82) is 0 Å². The van der Waals surface area contributed by atoms with Crippen molar-refractivity contribution in [2.24, 2.45) is 0 Å². The second kappa shape index (κ2) is 7.66. The second-order valence-corrected chi connectivity index (χ2v) is 7.19. The summed E-state index contributed by atoms with van der Waals surface area (Å²) in [5, 5.41) is 6.55. The number of rotatable bonds is 4. The lowest BCUT2D eigenvalue weighted by atomic mass is 10.2. The molecule has 2 aromatic carbocycles. The number of anilines is 2. The van der Waals surface area contributed by atoms with Crippen LogP contribution < -0.4 is 15.4 Å². The third-order valence-electron chi connectivity index (χ3n) is 4.14. The molecule has 0 aliphatic carbocycles. The Morgan fingerprint density at radius 2 is 1.96 bits per heavy atom. The Kier molecular flexibility index (Phi) is 4.90. The van der Waals surface area contributed by atoms with Crippen LogP contribution in [0.3, 0.4) is 0 Å². The van der Waals surface area contributed by atoms with Crippen LogP contribution in [0.25, 0.3) is 20.9 Å². The Morgan fingerprint density at radius 1 is 1.07 bits per heavy atom. The Morgan fingerprint density at radius 3 is 2.79 bits per heavy atom. The average molecular weight is 390 g/mol. The van der Waals surface area contributed by atoms with Gasteiger partial charge in [-0.25, -0.2) is 14.8 Å². The summed E-state index contributed by atoms with van der Waals surface area (Å²) >= 11 is 1.52. The standard InChI is InChI=1S/C21H18N4O2S/c1-13-8-9-18(27-2)17(11-13)25-21(26)23-15-6-3-5-14(12-15)19-24-16-7-4-10-22-20(16)28-19/h3-12H,1-2H3,(H2,23,25,26). The number of thiazole rings is 1. The maximum Gasteiger partial charge on any atom is 0.323 e. The molecule has 0 fully saturated rings. The molecule has 0 aliphatic rings. The number of ether oxygens (including phenoxy) is 1. The number of hydrogen-bond acceptors (Lipinski definition) is 5. The molecule has 2 N–H and O–H groups in total. The van der Waals surface area contributed by atoms with Gasteiger partial charge in [0, 0.05) is 17.4 Å². The molecule has 0 aliphatic heterocycles. The van der Waals surface area contributed by atoms with E-state index in [1.165, 1.54) is 11.3 Å². The number of amides is 2. The molecule has 0 unspecified atom stereocenters. The number of pyridine rings is 1. The Hall–Kier alpha value is -3.45. The van der Waals surface area contributed by atoms with Gasteiger partial charge in [0.15, 0.2) is 0 Å². The zero-order valence-corrected chi connectivity index (χ0v) is 16.2. The lowest BCUT2D eigenvalue weighted by molar-refractivity contribution is 0.262. The van der Waals surface area contributed by atoms with Crippen molar-refractivity contribution in [1.82, 2.24) is 9.97 Å². The van der Waals surface area contributed by atoms with Crippen molar-refractivity contribution in [3.05, 3.63) is 66.4 Å². The molecule has 0 saturated heterocycles. The Bertz CT molecular complexity index is 1120. The van der Waals surface area contributed by atoms with E-state index in [-0.39, 0.29) is 6.03 Å². The number of benzene rings is 2. The molecule has 2 amide bonds. The number of methoxy groups -OCH3 is 1. The molecule has 0 atom stereocenters. The number of aromatic nitrogens is 2. The maximum atomic E-state index is 12.4. The number of nitrogens with one attached hydrogen (secondary N) is 2. The van der Waals surface area contributed by atoms with Crippen LogP contribution in [-0.4, -0.2) is 23.1 Å². The molecular weight excluding hydrogens is 372 g/mol. The predicted octanol–water partition coefficient (Wildman–Crippen LogP) is 5.32. The molecule has 0 bridgehead atoms. The molecule has 6 nitrogen and oxygen atoms in total. The first-order valence-electron chi connectivity index (χ1n) is 8.67. The van der Waals surface area contributed by atoms with Crippen LogP contribution in [0.1, 0.15) is 5.56 Å². The number of urea groups is 1. The van der Waals surface area contributed by atoms with Crippen LogP contribution in [0.4, 0.5) is 16.2 Å². The van der Waals surface area contributed by atoms with Crippen LogP contribution in [0.15, 0.2) is 60.8 Å². The summed E-state index contributed by atoms with van der Waals surface area (Å²) in [4.78, 5) is 22.3. The summed E-state index contributed by atoms with van der Waals surface area (Å²) in [5.74, 6) is 0.608. The first kappa shape index (κ1) is 17.9. The Labute approximate surface area is 166 Å². The number of fused-ring (bicyclic) bond motifs is 1. The van der Waals surface area contributed by atoms with Crippen molar-refractivity contribution < 1.29 is 9.53 Å². The average Bonchev–Trinajstić information content (AvgIpc) is 3.13. The zero-order chi connectivity index (χ0) is 19.5. The molecule has 28 heavy (non-hydrogen) atoms. The minimum absolute atomic E-state index is 0.341. The van der Waals surface area contributed by atoms with Gasteiger partial charge in [0.1, 0.15) is 21.1 Å². The molecule has 0 radical (unpaired) electrons. The lowest BCUT2D eigenvalue weighted by Gasteiger charge is -2.12. The molecule has 4 rings (SSSR count). The smallest absolute Gasteiger partial charge is 0.323 e. The number of carbonyl (C=O) groups excluding carboxylic acids is 1. The monoisotopic (exact) mass is 390 g/mol. The quantitative estimate of drug-likeness (QED) is 0.494. The van der Waals surface area contributed by atoms with Gasteiger partial charge < -0.3 is 15.4 Å². The molecular formula is C21H18N4O2S. The van der Waals surface area contributed by atoms with Gasteiger partial charge in [0.05, 0.1) is 12.8 Å². The summed E-state index contributed by atoms with van der Waals surface area (Å²) in [6, 6.07) is 16.7. The Balaban J connectivity index is 1.53. The third-order valence-corrected chi connectivity index (χ3v) is 5.17. The minimum atomic E-state index is -0.341. The summed E-state index contributed by atoms with van der Waals surface area (Å²) in [6.07, 6.45) is 1.76. The van der Waals surface area contributed by atoms with E-state index < -0.39 is 0 Å². The van der Waals surface area contributed by atoms with Gasteiger partial charge in [-0.3, -0.25) is 0 Å². The number of carbonyl (C=O) groups is 1. The van der Waals surface area contributed by atoms with Gasteiger partial charge in [-0.15, -0.1) is 0 Å². The van der Waals surface area contributed by atoms with E-state index in [0.29, 0.717) is 17.1 Å². The van der Waals surface area contributed by atoms with Gasteiger partial charge in [0.25, 0.3) is 0 Å². The van der Waals surface area contributed by atoms with Crippen LogP contribution in [0.2, 0.25) is 0 Å². The molecule has 140 valence electrons. The summed E-state index contributed by atoms with van der Waals surface area (Å²) < 4.78 is 5.30. The molecule has 4 aromatic rings. The molecule has 2 aromatic heterocycles. The van der Waals surface area contributed by atoms with E-state index in [1.54, 1.807) is 13.3 Å². The van der Waals surface area contributed by atoms with E-state index in [9.17, 15) is 4.79 Å². The largest absolute Gasteiger partial charge is 0.495 e. The summed E-state index contributed by atoms with van der Waals surface area (Å²) in [7, 11) is 1.57. The predicted molar refractivity (Wildman–Crippen MR) is 113 cm³/mol. The summed E-state index contributed by atoms with van der Waals surface area (Å²) in [6.45, 7) is 1.96. The lowest BCUT2D eigenvalue weighted by Crippen LogP contribution is -2.19. The number of aryl methyl sites for hydroxylation is 1. The normalized spacial score (nSPS) is 10.6. The van der Waals surface area contributed by atoms with Gasteiger partial charge >= 0.3 is 6.03 Å². The summed E-state index contributed by atoms with van der Waals surface area (Å²) in [5.41, 5.74) is 4.11. The van der Waals surface area contributed by atoms with Crippen molar-refractivity contribution >= 4 is 39.1 Å². The first-order valence-corrected chi connectivity index (χ1v) is 9.49. The zero-order valence-electron chi connectivity index (χ0n) is 15.4. The fraction of sp³-hybridized carbons (Fsp3) is 0.0952. The van der Waals surface area contributed by atoms with E-state index in [4.69, 9.17) is 4.74 Å². The van der Waals surface area contributed by atoms with Crippen LogP contribution in [0, 0.1) is 6.92 Å². The fourth-order valence-corrected chi connectivity index (χ4v) is 3.73. The van der Waals surface area contributed by atoms with E-state index in [2.05, 4.69) is 20.6 Å². The highest BCUT2D eigenvalue weighted by Gasteiger charge is 2.10. The molecule has 0 spiro atoms. The van der Waals surface area contributed by atoms with Gasteiger partial charge in [-0.05, 0) is 48.9 Å². The van der Waals surface area contributed by atoms with Crippen LogP contribution >= 0.6 is 11.3 Å². The molecule has 2 heterocycles. The first-order chi connectivity index (χ1) is 13.6. The molecule has 7 heteroatoms. The highest BCUT2D eigenvalue weighted by Crippen LogP contribution is 2.30. The van der Waals surface area contributed by atoms with E-state index in [1.807, 2.05) is 61.5 Å². The number of nitrogens with zero attached hydrogens (tertiary/aromatic N) is 2.